The normalized spacial score (nSPS) is 9.44. The first kappa shape index (κ1) is 16.7. The number of carbonyl (C=O) groups excluding carboxylic acids is 1. The fraction of sp³-hybridized carbons (Fsp3) is 0.462. The van der Waals surface area contributed by atoms with E-state index < -0.39 is 0 Å². The number of benzene rings is 1. The molecule has 0 heterocycles. The van der Waals surface area contributed by atoms with Crippen molar-refractivity contribution in [2.24, 2.45) is 0 Å². The van der Waals surface area contributed by atoms with Crippen LogP contribution >= 0.6 is 12.4 Å². The Hall–Kier alpha value is -1.26. The molecule has 1 aromatic carbocycles. The lowest BCUT2D eigenvalue weighted by molar-refractivity contribution is -0.120. The van der Waals surface area contributed by atoms with E-state index in [4.69, 9.17) is 4.74 Å². The molecule has 0 aliphatic heterocycles. The number of para-hydroxylation sites is 1. The minimum absolute atomic E-state index is 0. The number of carbonyl (C=O) groups is 1. The van der Waals surface area contributed by atoms with Crippen molar-refractivity contribution in [3.63, 3.8) is 0 Å². The lowest BCUT2D eigenvalue weighted by atomic mass is 10.1. The summed E-state index contributed by atoms with van der Waals surface area (Å²) in [5.74, 6) is 0.950. The van der Waals surface area contributed by atoms with Gasteiger partial charge in [-0.25, -0.2) is 0 Å². The zero-order valence-corrected chi connectivity index (χ0v) is 11.7. The topological polar surface area (TPSA) is 50.4 Å². The standard InChI is InChI=1S/C13H20N2O2.ClH/c1-14-9-8-13(16)15-10-7-11-5-3-4-6-12(11)17-2;/h3-6,14H,7-10H2,1-2H3,(H,15,16);1H. The first-order chi connectivity index (χ1) is 8.27. The SMILES string of the molecule is CNCCC(=O)NCCc1ccccc1OC.Cl. The molecule has 1 amide bonds. The number of amides is 1. The molecule has 0 aliphatic carbocycles. The van der Waals surface area contributed by atoms with Gasteiger partial charge in [0.2, 0.25) is 5.91 Å². The Morgan fingerprint density at radius 1 is 1.28 bits per heavy atom. The van der Waals surface area contributed by atoms with Crippen molar-refractivity contribution in [1.29, 1.82) is 0 Å². The van der Waals surface area contributed by atoms with Gasteiger partial charge < -0.3 is 15.4 Å². The van der Waals surface area contributed by atoms with Crippen LogP contribution < -0.4 is 15.4 Å². The molecule has 4 nitrogen and oxygen atoms in total. The van der Waals surface area contributed by atoms with E-state index in [2.05, 4.69) is 10.6 Å². The molecule has 0 atom stereocenters. The van der Waals surface area contributed by atoms with E-state index in [1.807, 2.05) is 31.3 Å². The van der Waals surface area contributed by atoms with E-state index in [-0.39, 0.29) is 18.3 Å². The fourth-order valence-electron chi connectivity index (χ4n) is 1.57. The van der Waals surface area contributed by atoms with Crippen molar-refractivity contribution in [2.45, 2.75) is 12.8 Å². The molecule has 1 rings (SSSR count). The zero-order valence-electron chi connectivity index (χ0n) is 10.9. The summed E-state index contributed by atoms with van der Waals surface area (Å²) in [5.41, 5.74) is 1.11. The maximum absolute atomic E-state index is 11.4. The third-order valence-electron chi connectivity index (χ3n) is 2.51. The van der Waals surface area contributed by atoms with Gasteiger partial charge in [0.1, 0.15) is 5.75 Å². The second kappa shape index (κ2) is 9.74. The maximum atomic E-state index is 11.4. The number of halogens is 1. The Morgan fingerprint density at radius 3 is 2.67 bits per heavy atom. The van der Waals surface area contributed by atoms with E-state index in [1.165, 1.54) is 0 Å². The van der Waals surface area contributed by atoms with Gasteiger partial charge in [0, 0.05) is 19.5 Å². The third-order valence-corrected chi connectivity index (χ3v) is 2.51. The van der Waals surface area contributed by atoms with Gasteiger partial charge in [-0.3, -0.25) is 4.79 Å². The van der Waals surface area contributed by atoms with Gasteiger partial charge in [-0.05, 0) is 25.1 Å². The van der Waals surface area contributed by atoms with E-state index in [0.29, 0.717) is 19.5 Å². The summed E-state index contributed by atoms with van der Waals surface area (Å²) in [5, 5.41) is 5.83. The monoisotopic (exact) mass is 272 g/mol. The molecule has 0 fully saturated rings. The minimum Gasteiger partial charge on any atom is -0.496 e. The van der Waals surface area contributed by atoms with Gasteiger partial charge in [0.05, 0.1) is 7.11 Å². The van der Waals surface area contributed by atoms with Crippen LogP contribution in [0.25, 0.3) is 0 Å². The molecular weight excluding hydrogens is 252 g/mol. The summed E-state index contributed by atoms with van der Waals surface area (Å²) < 4.78 is 5.25. The van der Waals surface area contributed by atoms with Crippen LogP contribution in [-0.4, -0.2) is 33.2 Å². The van der Waals surface area contributed by atoms with Crippen molar-refractivity contribution in [1.82, 2.24) is 10.6 Å². The first-order valence-corrected chi connectivity index (χ1v) is 5.81. The van der Waals surface area contributed by atoms with Crippen molar-refractivity contribution in [3.05, 3.63) is 29.8 Å². The molecule has 0 spiro atoms. The number of methoxy groups -OCH3 is 1. The average molecular weight is 273 g/mol. The summed E-state index contributed by atoms with van der Waals surface area (Å²) in [6.45, 7) is 1.35. The maximum Gasteiger partial charge on any atom is 0.221 e. The molecule has 0 radical (unpaired) electrons. The van der Waals surface area contributed by atoms with E-state index in [1.54, 1.807) is 7.11 Å². The Bertz CT molecular complexity index is 359. The molecule has 102 valence electrons. The van der Waals surface area contributed by atoms with Crippen molar-refractivity contribution >= 4 is 18.3 Å². The molecule has 5 heteroatoms. The average Bonchev–Trinajstić information content (AvgIpc) is 2.37. The number of hydrogen-bond acceptors (Lipinski definition) is 3. The summed E-state index contributed by atoms with van der Waals surface area (Å²) in [6, 6.07) is 7.85. The molecule has 0 aliphatic rings. The van der Waals surface area contributed by atoms with Crippen LogP contribution in [0.4, 0.5) is 0 Å². The highest BCUT2D eigenvalue weighted by Crippen LogP contribution is 2.17. The third kappa shape index (κ3) is 5.89. The fourth-order valence-corrected chi connectivity index (χ4v) is 1.57. The van der Waals surface area contributed by atoms with Crippen LogP contribution in [0.1, 0.15) is 12.0 Å². The number of nitrogens with one attached hydrogen (secondary N) is 2. The van der Waals surface area contributed by atoms with E-state index in [9.17, 15) is 4.79 Å². The van der Waals surface area contributed by atoms with Crippen LogP contribution in [0.15, 0.2) is 24.3 Å². The van der Waals surface area contributed by atoms with Crippen LogP contribution in [0, 0.1) is 0 Å². The molecule has 1 aromatic rings. The van der Waals surface area contributed by atoms with Gasteiger partial charge in [0.15, 0.2) is 0 Å². The van der Waals surface area contributed by atoms with Crippen molar-refractivity contribution < 1.29 is 9.53 Å². The van der Waals surface area contributed by atoms with E-state index >= 15 is 0 Å². The summed E-state index contributed by atoms with van der Waals surface area (Å²) in [7, 11) is 3.49. The van der Waals surface area contributed by atoms with Crippen molar-refractivity contribution in [2.75, 3.05) is 27.2 Å². The van der Waals surface area contributed by atoms with Crippen LogP contribution in [0.2, 0.25) is 0 Å². The molecule has 0 unspecified atom stereocenters. The Balaban J connectivity index is 0.00000289. The molecule has 0 bridgehead atoms. The van der Waals surface area contributed by atoms with Crippen molar-refractivity contribution in [3.8, 4) is 5.75 Å². The Kier molecular flexibility index (Phi) is 9.06. The molecule has 2 N–H and O–H groups in total. The summed E-state index contributed by atoms with van der Waals surface area (Å²) in [4.78, 5) is 11.4. The van der Waals surface area contributed by atoms with Gasteiger partial charge in [-0.15, -0.1) is 12.4 Å². The predicted molar refractivity (Wildman–Crippen MR) is 75.5 cm³/mol. The molecular formula is C13H21ClN2O2. The number of hydrogen-bond donors (Lipinski definition) is 2. The molecule has 0 aromatic heterocycles. The minimum atomic E-state index is 0. The lowest BCUT2D eigenvalue weighted by Crippen LogP contribution is -2.28. The lowest BCUT2D eigenvalue weighted by Gasteiger charge is -2.09. The molecule has 18 heavy (non-hydrogen) atoms. The first-order valence-electron chi connectivity index (χ1n) is 5.81. The van der Waals surface area contributed by atoms with E-state index in [0.717, 1.165) is 17.7 Å². The highest BCUT2D eigenvalue weighted by atomic mass is 35.5. The number of rotatable bonds is 7. The Labute approximate surface area is 115 Å². The Morgan fingerprint density at radius 2 is 2.00 bits per heavy atom. The summed E-state index contributed by atoms with van der Waals surface area (Å²) >= 11 is 0. The smallest absolute Gasteiger partial charge is 0.221 e. The molecule has 0 saturated carbocycles. The van der Waals surface area contributed by atoms with Crippen LogP contribution in [0.5, 0.6) is 5.75 Å². The summed E-state index contributed by atoms with van der Waals surface area (Å²) in [6.07, 6.45) is 1.30. The van der Waals surface area contributed by atoms with Crippen LogP contribution in [-0.2, 0) is 11.2 Å². The largest absolute Gasteiger partial charge is 0.496 e. The quantitative estimate of drug-likeness (QED) is 0.789. The molecule has 0 saturated heterocycles. The second-order valence-corrected chi connectivity index (χ2v) is 3.77. The highest BCUT2D eigenvalue weighted by molar-refractivity contribution is 5.85. The van der Waals surface area contributed by atoms with Crippen LogP contribution in [0.3, 0.4) is 0 Å². The highest BCUT2D eigenvalue weighted by Gasteiger charge is 2.03. The predicted octanol–water partition coefficient (Wildman–Crippen LogP) is 1.39. The second-order valence-electron chi connectivity index (χ2n) is 3.77. The van der Waals surface area contributed by atoms with Gasteiger partial charge >= 0.3 is 0 Å². The van der Waals surface area contributed by atoms with Gasteiger partial charge in [-0.2, -0.15) is 0 Å². The van der Waals surface area contributed by atoms with Gasteiger partial charge in [-0.1, -0.05) is 18.2 Å². The number of ether oxygens (including phenoxy) is 1. The zero-order chi connectivity index (χ0) is 12.5. The van der Waals surface area contributed by atoms with Gasteiger partial charge in [0.25, 0.3) is 0 Å².